The van der Waals surface area contributed by atoms with Gasteiger partial charge in [0, 0.05) is 11.1 Å². The Bertz CT molecular complexity index is 918. The summed E-state index contributed by atoms with van der Waals surface area (Å²) in [4.78, 5) is 8.54. The molecule has 1 N–H and O–H groups in total. The molecule has 0 aliphatic carbocycles. The maximum absolute atomic E-state index is 13.7. The number of hydrogen-bond acceptors (Lipinski definition) is 6. The molecule has 0 atom stereocenters. The Morgan fingerprint density at radius 2 is 2.09 bits per heavy atom. The molecule has 0 unspecified atom stereocenters. The van der Waals surface area contributed by atoms with Crippen LogP contribution in [0.2, 0.25) is 0 Å². The minimum absolute atomic E-state index is 0.0113. The van der Waals surface area contributed by atoms with E-state index in [1.165, 1.54) is 35.7 Å². The molecule has 0 spiro atoms. The molecule has 3 aromatic rings. The molecular formula is C13H11FN4O2S2. The number of H-pyrrole nitrogens is 1. The number of halogens is 1. The Morgan fingerprint density at radius 1 is 1.32 bits per heavy atom. The number of sulfone groups is 1. The number of hydrogen-bond donors (Lipinski definition) is 1. The van der Waals surface area contributed by atoms with Crippen LogP contribution < -0.4 is 0 Å². The smallest absolute Gasteiger partial charge is 0.243 e. The van der Waals surface area contributed by atoms with Gasteiger partial charge in [0.25, 0.3) is 0 Å². The molecule has 0 saturated carbocycles. The van der Waals surface area contributed by atoms with Gasteiger partial charge in [0.2, 0.25) is 15.0 Å². The largest absolute Gasteiger partial charge is 0.250 e. The Labute approximate surface area is 130 Å². The number of nitrogens with zero attached hydrogens (tertiary/aromatic N) is 3. The van der Waals surface area contributed by atoms with Crippen molar-refractivity contribution in [1.82, 2.24) is 20.2 Å². The summed E-state index contributed by atoms with van der Waals surface area (Å²) < 4.78 is 38.3. The summed E-state index contributed by atoms with van der Waals surface area (Å²) in [6.07, 6.45) is 1.52. The number of aromatic amines is 1. The third-order valence-corrected chi connectivity index (χ3v) is 5.43. The van der Waals surface area contributed by atoms with E-state index in [9.17, 15) is 12.8 Å². The number of aromatic nitrogens is 4. The predicted octanol–water partition coefficient (Wildman–Crippen LogP) is 2.35. The van der Waals surface area contributed by atoms with Crippen molar-refractivity contribution >= 4 is 21.2 Å². The lowest BCUT2D eigenvalue weighted by Crippen LogP contribution is -2.06. The van der Waals surface area contributed by atoms with Crippen LogP contribution in [0.5, 0.6) is 0 Å². The van der Waals surface area contributed by atoms with E-state index in [4.69, 9.17) is 0 Å². The molecule has 0 radical (unpaired) electrons. The van der Waals surface area contributed by atoms with Crippen LogP contribution in [0.3, 0.4) is 0 Å². The van der Waals surface area contributed by atoms with Crippen LogP contribution in [-0.2, 0) is 15.6 Å². The second-order valence-electron chi connectivity index (χ2n) is 4.55. The third-order valence-electron chi connectivity index (χ3n) is 2.88. The Balaban J connectivity index is 1.91. The average Bonchev–Trinajstić information content (AvgIpc) is 3.09. The van der Waals surface area contributed by atoms with E-state index in [0.29, 0.717) is 4.88 Å². The molecule has 22 heavy (non-hydrogen) atoms. The minimum atomic E-state index is -3.68. The third kappa shape index (κ3) is 2.90. The van der Waals surface area contributed by atoms with Crippen LogP contribution in [0.4, 0.5) is 4.39 Å². The van der Waals surface area contributed by atoms with Gasteiger partial charge in [-0.05, 0) is 19.1 Å². The number of rotatable bonds is 4. The van der Waals surface area contributed by atoms with Crippen molar-refractivity contribution in [3.63, 3.8) is 0 Å². The van der Waals surface area contributed by atoms with Crippen LogP contribution in [0.15, 0.2) is 35.6 Å². The first-order valence-electron chi connectivity index (χ1n) is 6.27. The van der Waals surface area contributed by atoms with Crippen LogP contribution >= 0.6 is 11.3 Å². The fourth-order valence-corrected chi connectivity index (χ4v) is 4.16. The van der Waals surface area contributed by atoms with E-state index < -0.39 is 15.7 Å². The topological polar surface area (TPSA) is 88.6 Å². The minimum Gasteiger partial charge on any atom is -0.250 e. The second kappa shape index (κ2) is 5.58. The van der Waals surface area contributed by atoms with E-state index >= 15 is 0 Å². The lowest BCUT2D eigenvalue weighted by Gasteiger charge is -1.97. The summed E-state index contributed by atoms with van der Waals surface area (Å²) in [5.74, 6) is -0.717. The molecule has 3 rings (SSSR count). The van der Waals surface area contributed by atoms with Crippen LogP contribution in [-0.4, -0.2) is 28.6 Å². The van der Waals surface area contributed by atoms with Crippen molar-refractivity contribution in [2.45, 2.75) is 17.8 Å². The van der Waals surface area contributed by atoms with Crippen molar-refractivity contribution in [3.8, 4) is 11.4 Å². The molecule has 6 nitrogen and oxygen atoms in total. The van der Waals surface area contributed by atoms with Crippen LogP contribution in [0.25, 0.3) is 11.4 Å². The van der Waals surface area contributed by atoms with E-state index in [1.54, 1.807) is 13.0 Å². The van der Waals surface area contributed by atoms with Gasteiger partial charge in [0.05, 0.1) is 16.3 Å². The Hall–Kier alpha value is -2.13. The maximum atomic E-state index is 13.7. The molecule has 0 amide bonds. The first kappa shape index (κ1) is 14.8. The molecule has 0 saturated heterocycles. The van der Waals surface area contributed by atoms with Gasteiger partial charge in [-0.25, -0.2) is 22.9 Å². The number of aryl methyl sites for hydroxylation is 1. The molecule has 9 heteroatoms. The highest BCUT2D eigenvalue weighted by molar-refractivity contribution is 7.90. The van der Waals surface area contributed by atoms with Gasteiger partial charge in [-0.1, -0.05) is 12.1 Å². The summed E-state index contributed by atoms with van der Waals surface area (Å²) in [5, 5.41) is 6.67. The fraction of sp³-hybridized carbons (Fsp3) is 0.154. The number of thiazole rings is 1. The summed E-state index contributed by atoms with van der Waals surface area (Å²) >= 11 is 1.30. The van der Waals surface area contributed by atoms with Gasteiger partial charge in [-0.15, -0.1) is 11.3 Å². The lowest BCUT2D eigenvalue weighted by atomic mass is 10.2. The zero-order valence-electron chi connectivity index (χ0n) is 11.4. The van der Waals surface area contributed by atoms with Gasteiger partial charge in [0.15, 0.2) is 5.82 Å². The molecule has 2 heterocycles. The van der Waals surface area contributed by atoms with Crippen LogP contribution in [0, 0.1) is 12.7 Å². The highest BCUT2D eigenvalue weighted by Gasteiger charge is 2.22. The molecule has 0 aliphatic heterocycles. The molecule has 0 aliphatic rings. The first-order valence-corrected chi connectivity index (χ1v) is 8.74. The summed E-state index contributed by atoms with van der Waals surface area (Å²) in [7, 11) is -3.68. The lowest BCUT2D eigenvalue weighted by molar-refractivity contribution is 0.587. The molecule has 114 valence electrons. The van der Waals surface area contributed by atoms with E-state index in [0.717, 1.165) is 5.01 Å². The van der Waals surface area contributed by atoms with Crippen molar-refractivity contribution in [2.75, 3.05) is 0 Å². The molecule has 0 bridgehead atoms. The summed E-state index contributed by atoms with van der Waals surface area (Å²) in [6.45, 7) is 1.80. The number of benzene rings is 1. The van der Waals surface area contributed by atoms with Crippen molar-refractivity contribution in [3.05, 3.63) is 46.2 Å². The van der Waals surface area contributed by atoms with Gasteiger partial charge in [0.1, 0.15) is 5.82 Å². The summed E-state index contributed by atoms with van der Waals surface area (Å²) in [5.41, 5.74) is 0.147. The quantitative estimate of drug-likeness (QED) is 0.789. The average molecular weight is 338 g/mol. The molecule has 2 aromatic heterocycles. The second-order valence-corrected chi connectivity index (χ2v) is 7.77. The Kier molecular flexibility index (Phi) is 3.75. The van der Waals surface area contributed by atoms with E-state index in [2.05, 4.69) is 20.2 Å². The zero-order chi connectivity index (χ0) is 15.7. The van der Waals surface area contributed by atoms with Crippen LogP contribution in [0.1, 0.15) is 9.88 Å². The monoisotopic (exact) mass is 338 g/mol. The standard InChI is InChI=1S/C13H11FN4O2S2/c1-8-15-6-9(21-8)7-22(19,20)13-16-12(17-18-13)10-4-2-3-5-11(10)14/h2-6H,7H2,1H3,(H,16,17,18). The van der Waals surface area contributed by atoms with Gasteiger partial charge >= 0.3 is 0 Å². The zero-order valence-corrected chi connectivity index (χ0v) is 13.1. The normalized spacial score (nSPS) is 11.7. The van der Waals surface area contributed by atoms with Crippen molar-refractivity contribution in [1.29, 1.82) is 0 Å². The SMILES string of the molecule is Cc1ncc(CS(=O)(=O)c2nc(-c3ccccc3F)n[nH]2)s1. The van der Waals surface area contributed by atoms with Gasteiger partial charge in [-0.2, -0.15) is 10.1 Å². The number of nitrogens with one attached hydrogen (secondary N) is 1. The highest BCUT2D eigenvalue weighted by atomic mass is 32.2. The maximum Gasteiger partial charge on any atom is 0.243 e. The predicted molar refractivity (Wildman–Crippen MR) is 79.5 cm³/mol. The molecule has 1 aromatic carbocycles. The first-order chi connectivity index (χ1) is 10.5. The summed E-state index contributed by atoms with van der Waals surface area (Å²) in [6, 6.07) is 5.92. The van der Waals surface area contributed by atoms with Crippen molar-refractivity contribution in [2.24, 2.45) is 0 Å². The molecule has 0 fully saturated rings. The van der Waals surface area contributed by atoms with E-state index in [-0.39, 0.29) is 22.3 Å². The van der Waals surface area contributed by atoms with Gasteiger partial charge in [-0.3, -0.25) is 0 Å². The fourth-order valence-electron chi connectivity index (χ4n) is 1.88. The van der Waals surface area contributed by atoms with E-state index in [1.807, 2.05) is 0 Å². The van der Waals surface area contributed by atoms with Crippen molar-refractivity contribution < 1.29 is 12.8 Å². The Morgan fingerprint density at radius 3 is 2.77 bits per heavy atom. The van der Waals surface area contributed by atoms with Gasteiger partial charge < -0.3 is 0 Å². The molecular weight excluding hydrogens is 327 g/mol. The highest BCUT2D eigenvalue weighted by Crippen LogP contribution is 2.22.